The van der Waals surface area contributed by atoms with E-state index < -0.39 is 5.82 Å². The Hall–Kier alpha value is -2.52. The molecule has 3 aromatic carbocycles. The van der Waals surface area contributed by atoms with Crippen LogP contribution in [0.4, 0.5) is 8.78 Å². The van der Waals surface area contributed by atoms with Crippen LogP contribution >= 0.6 is 0 Å². The van der Waals surface area contributed by atoms with Crippen molar-refractivity contribution in [3.05, 3.63) is 82.4 Å². The quantitative estimate of drug-likeness (QED) is 0.653. The minimum atomic E-state index is -0.394. The third-order valence-electron chi connectivity index (χ3n) is 4.83. The lowest BCUT2D eigenvalue weighted by Gasteiger charge is -2.14. The first-order valence-electron chi connectivity index (χ1n) is 8.28. The van der Waals surface area contributed by atoms with E-state index in [-0.39, 0.29) is 12.4 Å². The molecule has 3 rings (SSSR count). The minimum Gasteiger partial charge on any atom is -0.326 e. The summed E-state index contributed by atoms with van der Waals surface area (Å²) in [6, 6.07) is 14.2. The van der Waals surface area contributed by atoms with E-state index in [4.69, 9.17) is 5.73 Å². The van der Waals surface area contributed by atoms with Crippen molar-refractivity contribution in [1.29, 1.82) is 0 Å². The molecule has 0 bridgehead atoms. The van der Waals surface area contributed by atoms with Crippen LogP contribution in [0.1, 0.15) is 22.3 Å². The van der Waals surface area contributed by atoms with Crippen molar-refractivity contribution >= 4 is 0 Å². The molecule has 0 fully saturated rings. The maximum Gasteiger partial charge on any atom is 0.138 e. The van der Waals surface area contributed by atoms with Crippen LogP contribution in [-0.4, -0.2) is 0 Å². The van der Waals surface area contributed by atoms with Crippen LogP contribution in [0, 0.1) is 32.4 Å². The van der Waals surface area contributed by atoms with Crippen molar-refractivity contribution in [3.63, 3.8) is 0 Å². The van der Waals surface area contributed by atoms with E-state index >= 15 is 4.39 Å². The fourth-order valence-corrected chi connectivity index (χ4v) is 3.19. The molecule has 0 aliphatic heterocycles. The van der Waals surface area contributed by atoms with Gasteiger partial charge in [0.05, 0.1) is 0 Å². The van der Waals surface area contributed by atoms with Crippen molar-refractivity contribution in [1.82, 2.24) is 0 Å². The van der Waals surface area contributed by atoms with E-state index in [1.807, 2.05) is 32.0 Å². The predicted molar refractivity (Wildman–Crippen MR) is 99.3 cm³/mol. The summed E-state index contributed by atoms with van der Waals surface area (Å²) in [4.78, 5) is 0. The molecule has 0 saturated carbocycles. The van der Waals surface area contributed by atoms with Crippen LogP contribution in [0.15, 0.2) is 48.5 Å². The highest BCUT2D eigenvalue weighted by Gasteiger charge is 2.16. The Morgan fingerprint density at radius 1 is 0.800 bits per heavy atom. The second-order valence-electron chi connectivity index (χ2n) is 6.37. The molecule has 0 aliphatic carbocycles. The fourth-order valence-electron chi connectivity index (χ4n) is 3.19. The maximum atomic E-state index is 15.3. The molecule has 3 heteroatoms. The average Bonchev–Trinajstić information content (AvgIpc) is 2.57. The number of hydrogen-bond donors (Lipinski definition) is 1. The summed E-state index contributed by atoms with van der Waals surface area (Å²) in [6.45, 7) is 5.91. The van der Waals surface area contributed by atoms with Gasteiger partial charge in [0, 0.05) is 23.2 Å². The molecule has 128 valence electrons. The fraction of sp³-hybridized carbons (Fsp3) is 0.182. The number of benzene rings is 3. The van der Waals surface area contributed by atoms with Gasteiger partial charge < -0.3 is 5.73 Å². The van der Waals surface area contributed by atoms with E-state index in [0.29, 0.717) is 22.3 Å². The molecule has 1 nitrogen and oxygen atoms in total. The zero-order chi connectivity index (χ0) is 18.1. The minimum absolute atomic E-state index is 0.128. The molecule has 25 heavy (non-hydrogen) atoms. The Kier molecular flexibility index (Phi) is 4.69. The smallest absolute Gasteiger partial charge is 0.138 e. The van der Waals surface area contributed by atoms with Gasteiger partial charge in [-0.15, -0.1) is 0 Å². The number of nitrogens with two attached hydrogens (primary N) is 1. The Labute approximate surface area is 147 Å². The molecule has 0 radical (unpaired) electrons. The normalized spacial score (nSPS) is 11.0. The van der Waals surface area contributed by atoms with Crippen LogP contribution in [0.2, 0.25) is 0 Å². The van der Waals surface area contributed by atoms with Gasteiger partial charge in [-0.1, -0.05) is 42.5 Å². The number of rotatable bonds is 3. The molecule has 0 spiro atoms. The molecule has 2 N–H and O–H groups in total. The van der Waals surface area contributed by atoms with Crippen molar-refractivity contribution < 1.29 is 8.78 Å². The summed E-state index contributed by atoms with van der Waals surface area (Å²) < 4.78 is 29.5. The Morgan fingerprint density at radius 3 is 2.12 bits per heavy atom. The van der Waals surface area contributed by atoms with E-state index in [1.165, 1.54) is 6.07 Å². The first-order valence-corrected chi connectivity index (χ1v) is 8.28. The first-order chi connectivity index (χ1) is 11.9. The average molecular weight is 337 g/mol. The van der Waals surface area contributed by atoms with Crippen LogP contribution < -0.4 is 5.73 Å². The third-order valence-corrected chi connectivity index (χ3v) is 4.83. The summed E-state index contributed by atoms with van der Waals surface area (Å²) in [5.74, 6) is -0.732. The van der Waals surface area contributed by atoms with Crippen molar-refractivity contribution in [2.24, 2.45) is 5.73 Å². The molecule has 0 saturated heterocycles. The largest absolute Gasteiger partial charge is 0.326 e. The Morgan fingerprint density at radius 2 is 1.44 bits per heavy atom. The van der Waals surface area contributed by atoms with Crippen LogP contribution in [-0.2, 0) is 6.54 Å². The Bertz CT molecular complexity index is 922. The standard InChI is InChI=1S/C22H21F2N/c1-13-6-4-7-17(15(13)3)19-9-5-8-18(22(19)24)16-10-14(2)20(12-25)21(23)11-16/h4-11H,12,25H2,1-3H3. The molecular formula is C22H21F2N. The highest BCUT2D eigenvalue weighted by Crippen LogP contribution is 2.34. The molecule has 0 aromatic heterocycles. The van der Waals surface area contributed by atoms with Gasteiger partial charge in [-0.05, 0) is 54.7 Å². The van der Waals surface area contributed by atoms with Gasteiger partial charge >= 0.3 is 0 Å². The molecular weight excluding hydrogens is 316 g/mol. The lowest BCUT2D eigenvalue weighted by molar-refractivity contribution is 0.608. The topological polar surface area (TPSA) is 26.0 Å². The predicted octanol–water partition coefficient (Wildman–Crippen LogP) is 5.68. The first kappa shape index (κ1) is 17.3. The molecule has 0 aliphatic rings. The van der Waals surface area contributed by atoms with Crippen molar-refractivity contribution in [2.45, 2.75) is 27.3 Å². The van der Waals surface area contributed by atoms with Gasteiger partial charge in [-0.2, -0.15) is 0 Å². The summed E-state index contributed by atoms with van der Waals surface area (Å²) in [5.41, 5.74) is 11.2. The van der Waals surface area contributed by atoms with Gasteiger partial charge in [0.15, 0.2) is 0 Å². The maximum absolute atomic E-state index is 15.3. The van der Waals surface area contributed by atoms with E-state index in [2.05, 4.69) is 0 Å². The third kappa shape index (κ3) is 3.08. The molecule has 0 unspecified atom stereocenters. The van der Waals surface area contributed by atoms with Gasteiger partial charge in [-0.25, -0.2) is 8.78 Å². The summed E-state index contributed by atoms with van der Waals surface area (Å²) in [5, 5.41) is 0. The molecule has 0 atom stereocenters. The number of halogens is 2. The second-order valence-corrected chi connectivity index (χ2v) is 6.37. The van der Waals surface area contributed by atoms with Gasteiger partial charge in [0.2, 0.25) is 0 Å². The van der Waals surface area contributed by atoms with Crippen LogP contribution in [0.25, 0.3) is 22.3 Å². The summed E-state index contributed by atoms with van der Waals surface area (Å²) in [6.07, 6.45) is 0. The molecule has 0 heterocycles. The van der Waals surface area contributed by atoms with E-state index in [9.17, 15) is 4.39 Å². The SMILES string of the molecule is Cc1cccc(-c2cccc(-c3cc(C)c(CN)c(F)c3)c2F)c1C. The Balaban J connectivity index is 2.19. The lowest BCUT2D eigenvalue weighted by Crippen LogP contribution is -2.03. The summed E-state index contributed by atoms with van der Waals surface area (Å²) in [7, 11) is 0. The number of hydrogen-bond acceptors (Lipinski definition) is 1. The zero-order valence-corrected chi connectivity index (χ0v) is 14.7. The highest BCUT2D eigenvalue weighted by atomic mass is 19.1. The van der Waals surface area contributed by atoms with E-state index in [0.717, 1.165) is 22.3 Å². The van der Waals surface area contributed by atoms with Crippen molar-refractivity contribution in [2.75, 3.05) is 0 Å². The number of aryl methyl sites for hydroxylation is 2. The van der Waals surface area contributed by atoms with Gasteiger partial charge in [0.1, 0.15) is 11.6 Å². The van der Waals surface area contributed by atoms with Gasteiger partial charge in [0.25, 0.3) is 0 Å². The zero-order valence-electron chi connectivity index (χ0n) is 14.7. The second kappa shape index (κ2) is 6.77. The highest BCUT2D eigenvalue weighted by molar-refractivity contribution is 5.76. The van der Waals surface area contributed by atoms with Crippen molar-refractivity contribution in [3.8, 4) is 22.3 Å². The van der Waals surface area contributed by atoms with E-state index in [1.54, 1.807) is 31.2 Å². The van der Waals surface area contributed by atoms with Crippen LogP contribution in [0.5, 0.6) is 0 Å². The summed E-state index contributed by atoms with van der Waals surface area (Å²) >= 11 is 0. The molecule has 3 aromatic rings. The van der Waals surface area contributed by atoms with Gasteiger partial charge in [-0.3, -0.25) is 0 Å². The molecule has 0 amide bonds. The lowest BCUT2D eigenvalue weighted by atomic mass is 9.92. The van der Waals surface area contributed by atoms with Crippen LogP contribution in [0.3, 0.4) is 0 Å². The monoisotopic (exact) mass is 337 g/mol.